The summed E-state index contributed by atoms with van der Waals surface area (Å²) in [5.74, 6) is -1.09. The largest absolute Gasteiger partial charge is 0.417 e. The maximum atomic E-state index is 13.4. The van der Waals surface area contributed by atoms with Gasteiger partial charge in [0.25, 0.3) is 5.56 Å². The molecule has 3 heterocycles. The number of fused-ring (bicyclic) bond motifs is 1. The number of benzene rings is 1. The molecule has 0 saturated heterocycles. The summed E-state index contributed by atoms with van der Waals surface area (Å²) < 4.78 is 66.6. The second kappa shape index (κ2) is 8.00. The smallest absolute Gasteiger partial charge is 0.363 e. The summed E-state index contributed by atoms with van der Waals surface area (Å²) in [5.41, 5.74) is -0.655. The molecule has 1 N–H and O–H groups in total. The number of rotatable bonds is 3. The van der Waals surface area contributed by atoms with E-state index in [1.807, 2.05) is 0 Å². The highest BCUT2D eigenvalue weighted by Crippen LogP contribution is 2.36. The van der Waals surface area contributed by atoms with Crippen molar-refractivity contribution in [3.8, 4) is 0 Å². The lowest BCUT2D eigenvalue weighted by molar-refractivity contribution is -0.140. The normalized spacial score (nSPS) is 14.9. The van der Waals surface area contributed by atoms with E-state index >= 15 is 0 Å². The van der Waals surface area contributed by atoms with Crippen LogP contribution >= 0.6 is 11.6 Å². The SMILES string of the molecule is O=c1[nH]ncc(N2CCc3c(ncnc3S(=O)c3ccc(F)cc3C(F)(F)F)C2)c1Cl. The fourth-order valence-corrected chi connectivity index (χ4v) is 4.85. The van der Waals surface area contributed by atoms with Gasteiger partial charge in [-0.2, -0.15) is 18.3 Å². The highest BCUT2D eigenvalue weighted by molar-refractivity contribution is 7.85. The van der Waals surface area contributed by atoms with Gasteiger partial charge in [0.2, 0.25) is 0 Å². The number of anilines is 1. The fraction of sp³-hybridized carbons (Fsp3) is 0.222. The summed E-state index contributed by atoms with van der Waals surface area (Å²) in [6, 6.07) is 1.98. The van der Waals surface area contributed by atoms with Crippen molar-refractivity contribution in [3.63, 3.8) is 0 Å². The lowest BCUT2D eigenvalue weighted by Crippen LogP contribution is -2.33. The van der Waals surface area contributed by atoms with Gasteiger partial charge in [-0.05, 0) is 24.6 Å². The Morgan fingerprint density at radius 2 is 2.00 bits per heavy atom. The molecule has 0 radical (unpaired) electrons. The van der Waals surface area contributed by atoms with E-state index in [0.29, 0.717) is 29.6 Å². The summed E-state index contributed by atoms with van der Waals surface area (Å²) in [6.07, 6.45) is -2.17. The van der Waals surface area contributed by atoms with Gasteiger partial charge in [0.15, 0.2) is 0 Å². The molecular weight excluding hydrogens is 462 g/mol. The molecule has 31 heavy (non-hydrogen) atoms. The Kier molecular flexibility index (Phi) is 5.52. The van der Waals surface area contributed by atoms with E-state index in [9.17, 15) is 26.6 Å². The van der Waals surface area contributed by atoms with E-state index in [-0.39, 0.29) is 23.0 Å². The van der Waals surface area contributed by atoms with E-state index in [0.717, 1.165) is 18.5 Å². The Bertz CT molecular complexity index is 1250. The van der Waals surface area contributed by atoms with Gasteiger partial charge in [0, 0.05) is 12.1 Å². The third kappa shape index (κ3) is 4.04. The number of halogens is 5. The quantitative estimate of drug-likeness (QED) is 0.464. The minimum Gasteiger partial charge on any atom is -0.363 e. The molecule has 1 aromatic carbocycles. The first-order valence-corrected chi connectivity index (χ1v) is 10.3. The molecule has 0 amide bonds. The summed E-state index contributed by atoms with van der Waals surface area (Å²) in [6.45, 7) is 0.466. The van der Waals surface area contributed by atoms with Gasteiger partial charge in [-0.1, -0.05) is 11.6 Å². The molecule has 1 aliphatic rings. The van der Waals surface area contributed by atoms with E-state index in [1.54, 1.807) is 4.90 Å². The van der Waals surface area contributed by atoms with Gasteiger partial charge in [0.1, 0.15) is 33.0 Å². The third-order valence-electron chi connectivity index (χ3n) is 4.71. The second-order valence-electron chi connectivity index (χ2n) is 6.58. The van der Waals surface area contributed by atoms with Crippen LogP contribution in [0.5, 0.6) is 0 Å². The Morgan fingerprint density at radius 3 is 2.74 bits per heavy atom. The Balaban J connectivity index is 1.73. The number of aromatic nitrogens is 4. The maximum absolute atomic E-state index is 13.4. The van der Waals surface area contributed by atoms with Crippen molar-refractivity contribution in [3.05, 3.63) is 68.7 Å². The molecule has 3 aromatic rings. The van der Waals surface area contributed by atoms with Gasteiger partial charge < -0.3 is 4.90 Å². The Labute approximate surface area is 179 Å². The highest BCUT2D eigenvalue weighted by atomic mass is 35.5. The molecule has 0 spiro atoms. The van der Waals surface area contributed by atoms with Crippen LogP contribution in [0.1, 0.15) is 16.8 Å². The topological polar surface area (TPSA) is 91.8 Å². The van der Waals surface area contributed by atoms with Gasteiger partial charge >= 0.3 is 6.18 Å². The van der Waals surface area contributed by atoms with Crippen LogP contribution in [-0.4, -0.2) is 30.9 Å². The van der Waals surface area contributed by atoms with Crippen LogP contribution in [0.4, 0.5) is 23.2 Å². The first-order valence-electron chi connectivity index (χ1n) is 8.76. The molecule has 0 fully saturated rings. The van der Waals surface area contributed by atoms with Crippen molar-refractivity contribution in [2.75, 3.05) is 11.4 Å². The number of hydrogen-bond acceptors (Lipinski definition) is 6. The molecule has 4 rings (SSSR count). The zero-order valence-corrected chi connectivity index (χ0v) is 17.0. The molecule has 0 bridgehead atoms. The number of aromatic amines is 1. The first kappa shape index (κ1) is 21.4. The van der Waals surface area contributed by atoms with Crippen LogP contribution in [-0.2, 0) is 29.9 Å². The number of H-pyrrole nitrogens is 1. The monoisotopic (exact) mass is 473 g/mol. The Hall–Kier alpha value is -2.86. The summed E-state index contributed by atoms with van der Waals surface area (Å²) in [7, 11) is -2.32. The van der Waals surface area contributed by atoms with Gasteiger partial charge in [-0.15, -0.1) is 0 Å². The molecule has 7 nitrogen and oxygen atoms in total. The lowest BCUT2D eigenvalue weighted by atomic mass is 10.1. The predicted molar refractivity (Wildman–Crippen MR) is 103 cm³/mol. The summed E-state index contributed by atoms with van der Waals surface area (Å²) >= 11 is 6.04. The summed E-state index contributed by atoms with van der Waals surface area (Å²) in [5, 5.41) is 5.80. The van der Waals surface area contributed by atoms with E-state index < -0.39 is 38.8 Å². The van der Waals surface area contributed by atoms with Crippen molar-refractivity contribution in [2.45, 2.75) is 29.1 Å². The lowest BCUT2D eigenvalue weighted by Gasteiger charge is -2.30. The van der Waals surface area contributed by atoms with E-state index in [4.69, 9.17) is 11.6 Å². The third-order valence-corrected chi connectivity index (χ3v) is 6.53. The molecular formula is C18H12ClF4N5O2S. The molecule has 0 aliphatic carbocycles. The first-order chi connectivity index (χ1) is 14.7. The number of nitrogens with one attached hydrogen (secondary N) is 1. The summed E-state index contributed by atoms with van der Waals surface area (Å²) in [4.78, 5) is 21.0. The molecule has 1 atom stereocenters. The fourth-order valence-electron chi connectivity index (χ4n) is 3.27. The molecule has 2 aromatic heterocycles. The minimum absolute atomic E-state index is 0.0579. The van der Waals surface area contributed by atoms with Crippen molar-refractivity contribution in [1.82, 2.24) is 20.2 Å². The van der Waals surface area contributed by atoms with Crippen molar-refractivity contribution in [1.29, 1.82) is 0 Å². The number of alkyl halides is 3. The van der Waals surface area contributed by atoms with Crippen LogP contribution in [0.2, 0.25) is 5.02 Å². The number of hydrogen-bond donors (Lipinski definition) is 1. The predicted octanol–water partition coefficient (Wildman–Crippen LogP) is 3.10. The molecule has 13 heteroatoms. The second-order valence-corrected chi connectivity index (χ2v) is 8.32. The van der Waals surface area contributed by atoms with E-state index in [1.165, 1.54) is 6.20 Å². The minimum atomic E-state index is -4.89. The van der Waals surface area contributed by atoms with Crippen LogP contribution in [0.25, 0.3) is 0 Å². The standard InChI is InChI=1S/C18H12ClF4N5O2S/c19-15-13(6-26-27-16(15)29)28-4-3-10-12(7-28)24-8-25-17(10)31(30)14-2-1-9(20)5-11(14)18(21,22)23/h1-2,5-6,8H,3-4,7H2,(H,27,29). The molecule has 162 valence electrons. The van der Waals surface area contributed by atoms with Crippen LogP contribution in [0.15, 0.2) is 45.4 Å². The maximum Gasteiger partial charge on any atom is 0.417 e. The Morgan fingerprint density at radius 1 is 1.23 bits per heavy atom. The van der Waals surface area contributed by atoms with Crippen molar-refractivity contribution >= 4 is 28.1 Å². The van der Waals surface area contributed by atoms with Crippen molar-refractivity contribution < 1.29 is 21.8 Å². The average molecular weight is 474 g/mol. The van der Waals surface area contributed by atoms with E-state index in [2.05, 4.69) is 20.2 Å². The van der Waals surface area contributed by atoms with Crippen LogP contribution < -0.4 is 10.5 Å². The highest BCUT2D eigenvalue weighted by Gasteiger charge is 2.37. The van der Waals surface area contributed by atoms with Crippen molar-refractivity contribution in [2.24, 2.45) is 0 Å². The molecule has 0 saturated carbocycles. The zero-order valence-electron chi connectivity index (χ0n) is 15.4. The van der Waals surface area contributed by atoms with Gasteiger partial charge in [0.05, 0.1) is 34.6 Å². The van der Waals surface area contributed by atoms with Crippen LogP contribution in [0.3, 0.4) is 0 Å². The zero-order chi connectivity index (χ0) is 22.3. The molecule has 1 aliphatic heterocycles. The van der Waals surface area contributed by atoms with Gasteiger partial charge in [-0.25, -0.2) is 23.7 Å². The number of nitrogens with zero attached hydrogens (tertiary/aromatic N) is 4. The molecule has 1 unspecified atom stereocenters. The average Bonchev–Trinajstić information content (AvgIpc) is 2.73. The van der Waals surface area contributed by atoms with Gasteiger partial charge in [-0.3, -0.25) is 4.79 Å². The van der Waals surface area contributed by atoms with Crippen LogP contribution in [0, 0.1) is 5.82 Å².